The van der Waals surface area contributed by atoms with Gasteiger partial charge in [0, 0.05) is 13.2 Å². The third-order valence-corrected chi connectivity index (χ3v) is 4.79. The Labute approximate surface area is 119 Å². The second kappa shape index (κ2) is 12.0. The summed E-state index contributed by atoms with van der Waals surface area (Å²) >= 11 is -0.207. The van der Waals surface area contributed by atoms with Gasteiger partial charge in [0.25, 0.3) is 0 Å². The molecule has 0 aromatic carbocycles. The summed E-state index contributed by atoms with van der Waals surface area (Å²) in [5.41, 5.74) is 0. The summed E-state index contributed by atoms with van der Waals surface area (Å²) in [6, 6.07) is 0. The molecule has 0 spiro atoms. The fraction of sp³-hybridized carbons (Fsp3) is 1.00. The molecule has 2 nitrogen and oxygen atoms in total. The van der Waals surface area contributed by atoms with Gasteiger partial charge >= 0.3 is 19.3 Å². The van der Waals surface area contributed by atoms with Crippen LogP contribution < -0.4 is 0 Å². The van der Waals surface area contributed by atoms with E-state index in [0.29, 0.717) is 0 Å². The van der Waals surface area contributed by atoms with Gasteiger partial charge in [0.05, 0.1) is 0 Å². The van der Waals surface area contributed by atoms with Gasteiger partial charge in [-0.05, 0) is 25.7 Å². The van der Waals surface area contributed by atoms with Gasteiger partial charge in [-0.1, -0.05) is 32.1 Å². The third-order valence-electron chi connectivity index (χ3n) is 3.22. The molecule has 1 rings (SSSR count). The van der Waals surface area contributed by atoms with Crippen LogP contribution in [-0.2, 0) is 9.47 Å². The predicted octanol–water partition coefficient (Wildman–Crippen LogP) is 4.15. The Morgan fingerprint density at radius 1 is 1.06 bits per heavy atom. The molecule has 1 fully saturated rings. The summed E-state index contributed by atoms with van der Waals surface area (Å²) in [4.78, 5) is 0. The normalized spacial score (nSPS) is 20.2. The highest BCUT2D eigenvalue weighted by Crippen LogP contribution is 2.14. The van der Waals surface area contributed by atoms with Crippen molar-refractivity contribution in [2.24, 2.45) is 0 Å². The minimum Gasteiger partial charge on any atom is -0.353 e. The Kier molecular flexibility index (Phi) is 11.3. The molecule has 98 valence electrons. The molecular weight excluding hydrogens is 248 g/mol. The molecule has 0 N–H and O–H groups in total. The smallest absolute Gasteiger partial charge is 0.353 e. The van der Waals surface area contributed by atoms with Gasteiger partial charge in [0.1, 0.15) is 0 Å². The van der Waals surface area contributed by atoms with Crippen molar-refractivity contribution in [3.8, 4) is 0 Å². The van der Waals surface area contributed by atoms with E-state index in [1.807, 2.05) is 0 Å². The van der Waals surface area contributed by atoms with Crippen molar-refractivity contribution in [1.29, 1.82) is 0 Å². The molecule has 1 aliphatic heterocycles. The van der Waals surface area contributed by atoms with Gasteiger partial charge in [-0.25, -0.2) is 0 Å². The van der Waals surface area contributed by atoms with Crippen LogP contribution in [0.4, 0.5) is 0 Å². The second-order valence-corrected chi connectivity index (χ2v) is 7.05. The summed E-state index contributed by atoms with van der Waals surface area (Å²) in [6.45, 7) is 1.76. The minimum atomic E-state index is -0.207. The molecule has 0 radical (unpaired) electrons. The molecule has 0 saturated carbocycles. The summed E-state index contributed by atoms with van der Waals surface area (Å²) in [6.07, 6.45) is 11.5. The van der Waals surface area contributed by atoms with Crippen LogP contribution in [0.25, 0.3) is 0 Å². The first-order chi connectivity index (χ1) is 8.43. The summed E-state index contributed by atoms with van der Waals surface area (Å²) < 4.78 is 12.5. The van der Waals surface area contributed by atoms with Crippen LogP contribution in [0, 0.1) is 0 Å². The quantitative estimate of drug-likeness (QED) is 0.440. The number of rotatable bonds is 10. The zero-order valence-electron chi connectivity index (χ0n) is 11.0. The molecule has 0 amide bonds. The van der Waals surface area contributed by atoms with Crippen molar-refractivity contribution in [3.05, 3.63) is 0 Å². The molecule has 17 heavy (non-hydrogen) atoms. The van der Waals surface area contributed by atoms with Crippen molar-refractivity contribution < 1.29 is 9.47 Å². The lowest BCUT2D eigenvalue weighted by Gasteiger charge is -2.22. The molecule has 1 unspecified atom stereocenters. The van der Waals surface area contributed by atoms with Gasteiger partial charge in [-0.15, -0.1) is 4.55 Å². The van der Waals surface area contributed by atoms with E-state index in [1.54, 1.807) is 0 Å². The Balaban J connectivity index is 1.75. The molecular formula is C13H25ClMgO2. The number of hydrogen-bond acceptors (Lipinski definition) is 2. The van der Waals surface area contributed by atoms with E-state index in [-0.39, 0.29) is 25.6 Å². The summed E-state index contributed by atoms with van der Waals surface area (Å²) in [7, 11) is 5.77. The van der Waals surface area contributed by atoms with Crippen LogP contribution in [-0.4, -0.2) is 38.8 Å². The monoisotopic (exact) mass is 272 g/mol. The predicted molar refractivity (Wildman–Crippen MR) is 73.7 cm³/mol. The highest BCUT2D eigenvalue weighted by Gasteiger charge is 2.13. The number of halogens is 1. The van der Waals surface area contributed by atoms with Crippen LogP contribution in [0.2, 0.25) is 4.55 Å². The molecule has 0 aromatic heterocycles. The molecule has 1 saturated heterocycles. The van der Waals surface area contributed by atoms with E-state index in [0.717, 1.165) is 19.6 Å². The highest BCUT2D eigenvalue weighted by atomic mass is 35.5. The van der Waals surface area contributed by atoms with E-state index in [1.165, 1.54) is 55.9 Å². The SMILES string of the molecule is [Cl][Mg][CH2]CCCCCCCOC1CCCCO1. The third kappa shape index (κ3) is 9.54. The van der Waals surface area contributed by atoms with Gasteiger partial charge in [0.15, 0.2) is 6.29 Å². The van der Waals surface area contributed by atoms with E-state index in [9.17, 15) is 0 Å². The molecule has 0 aromatic rings. The van der Waals surface area contributed by atoms with Gasteiger partial charge in [-0.2, -0.15) is 0 Å². The summed E-state index contributed by atoms with van der Waals surface area (Å²) in [5.74, 6) is 0. The lowest BCUT2D eigenvalue weighted by Crippen LogP contribution is -2.22. The molecule has 4 heteroatoms. The largest absolute Gasteiger partial charge is 0.501 e. The van der Waals surface area contributed by atoms with Crippen molar-refractivity contribution >= 4 is 28.3 Å². The minimum absolute atomic E-state index is 0.0948. The topological polar surface area (TPSA) is 18.5 Å². The Hall–Kier alpha value is 0.976. The number of hydrogen-bond donors (Lipinski definition) is 0. The van der Waals surface area contributed by atoms with Crippen LogP contribution in [0.5, 0.6) is 0 Å². The van der Waals surface area contributed by atoms with E-state index in [2.05, 4.69) is 0 Å². The fourth-order valence-corrected chi connectivity index (χ4v) is 3.25. The average Bonchev–Trinajstić information content (AvgIpc) is 2.38. The first-order valence-corrected chi connectivity index (χ1v) is 10.4. The maximum absolute atomic E-state index is 5.77. The lowest BCUT2D eigenvalue weighted by atomic mass is 10.1. The maximum atomic E-state index is 5.77. The average molecular weight is 273 g/mol. The number of ether oxygens (including phenoxy) is 2. The maximum Gasteiger partial charge on any atom is 0.501 e. The zero-order chi connectivity index (χ0) is 12.2. The Morgan fingerprint density at radius 2 is 1.82 bits per heavy atom. The molecule has 0 aliphatic carbocycles. The molecule has 1 aliphatic rings. The van der Waals surface area contributed by atoms with Gasteiger partial charge in [-0.3, -0.25) is 0 Å². The van der Waals surface area contributed by atoms with Crippen LogP contribution in [0.15, 0.2) is 0 Å². The fourth-order valence-electron chi connectivity index (χ4n) is 2.14. The first kappa shape index (κ1) is 16.0. The van der Waals surface area contributed by atoms with Crippen LogP contribution >= 0.6 is 9.07 Å². The number of unbranched alkanes of at least 4 members (excludes halogenated alkanes) is 5. The van der Waals surface area contributed by atoms with Gasteiger partial charge < -0.3 is 18.5 Å². The lowest BCUT2D eigenvalue weighted by molar-refractivity contribution is -0.162. The van der Waals surface area contributed by atoms with Crippen molar-refractivity contribution in [2.75, 3.05) is 13.2 Å². The van der Waals surface area contributed by atoms with Crippen LogP contribution in [0.3, 0.4) is 0 Å². The van der Waals surface area contributed by atoms with E-state index >= 15 is 0 Å². The van der Waals surface area contributed by atoms with E-state index < -0.39 is 0 Å². The Bertz CT molecular complexity index is 163. The zero-order valence-corrected chi connectivity index (χ0v) is 13.1. The highest BCUT2D eigenvalue weighted by molar-refractivity contribution is 6.93. The van der Waals surface area contributed by atoms with Crippen molar-refractivity contribution in [3.63, 3.8) is 0 Å². The first-order valence-electron chi connectivity index (χ1n) is 7.22. The van der Waals surface area contributed by atoms with Crippen molar-refractivity contribution in [2.45, 2.75) is 68.6 Å². The van der Waals surface area contributed by atoms with E-state index in [4.69, 9.17) is 18.5 Å². The molecule has 0 bridgehead atoms. The second-order valence-electron chi connectivity index (χ2n) is 4.83. The molecule has 1 atom stereocenters. The van der Waals surface area contributed by atoms with Gasteiger partial charge in [0.2, 0.25) is 0 Å². The van der Waals surface area contributed by atoms with Crippen molar-refractivity contribution in [1.82, 2.24) is 0 Å². The molecule has 1 heterocycles. The van der Waals surface area contributed by atoms with Crippen LogP contribution in [0.1, 0.15) is 57.8 Å². The summed E-state index contributed by atoms with van der Waals surface area (Å²) in [5, 5.41) is 0. The Morgan fingerprint density at radius 3 is 2.53 bits per heavy atom. The standard InChI is InChI=1S/C13H25O2.ClH.Mg/c1-2-3-4-5-6-8-11-14-13-10-7-9-12-15-13;;/h13H,1-12H2;1H;/q;;+1/p-1.